The molecule has 3 heteroatoms. The second-order valence-corrected chi connectivity index (χ2v) is 2.34. The van der Waals surface area contributed by atoms with Gasteiger partial charge in [0.05, 0.1) is 4.88 Å². The van der Waals surface area contributed by atoms with Gasteiger partial charge in [0.1, 0.15) is 1.37 Å². The second kappa shape index (κ2) is 2.55. The smallest absolute Gasteiger partial charge is 0.160 e. The molecule has 1 aromatic rings. The SMILES string of the molecule is [2H]C(=O)c1sccc1C=O. The normalized spacial score (nSPS) is 10.4. The molecule has 0 fully saturated rings. The fourth-order valence-electron chi connectivity index (χ4n) is 0.495. The van der Waals surface area contributed by atoms with E-state index in [0.717, 1.165) is 11.3 Å². The van der Waals surface area contributed by atoms with Crippen LogP contribution >= 0.6 is 11.3 Å². The van der Waals surface area contributed by atoms with Gasteiger partial charge in [-0.05, 0) is 11.4 Å². The van der Waals surface area contributed by atoms with Crippen molar-refractivity contribution < 1.29 is 11.0 Å². The zero-order chi connectivity index (χ0) is 7.56. The van der Waals surface area contributed by atoms with Gasteiger partial charge in [-0.3, -0.25) is 9.59 Å². The van der Waals surface area contributed by atoms with Gasteiger partial charge < -0.3 is 0 Å². The number of carbonyl (C=O) groups excluding carboxylic acids is 2. The molecule has 46 valence electrons. The third-order valence-electron chi connectivity index (χ3n) is 0.915. The van der Waals surface area contributed by atoms with Crippen molar-refractivity contribution in [3.05, 3.63) is 21.9 Å². The highest BCUT2D eigenvalue weighted by Crippen LogP contribution is 2.10. The van der Waals surface area contributed by atoms with Gasteiger partial charge in [-0.1, -0.05) is 0 Å². The van der Waals surface area contributed by atoms with E-state index in [9.17, 15) is 9.59 Å². The maximum absolute atomic E-state index is 10.4. The van der Waals surface area contributed by atoms with Crippen LogP contribution in [0.15, 0.2) is 11.4 Å². The van der Waals surface area contributed by atoms with Crippen molar-refractivity contribution in [2.45, 2.75) is 0 Å². The number of aldehydes is 2. The first-order valence-electron chi connectivity index (χ1n) is 2.79. The molecule has 0 aliphatic carbocycles. The Bertz CT molecular complexity index is 266. The molecular formula is C6H4O2S. The summed E-state index contributed by atoms with van der Waals surface area (Å²) in [6, 6.07) is 1.53. The van der Waals surface area contributed by atoms with Gasteiger partial charge in [0.15, 0.2) is 12.5 Å². The molecule has 0 atom stereocenters. The number of carbonyl (C=O) groups is 2. The Morgan fingerprint density at radius 3 is 2.89 bits per heavy atom. The first-order chi connectivity index (χ1) is 4.75. The highest BCUT2D eigenvalue weighted by Gasteiger charge is 1.98. The maximum atomic E-state index is 10.4. The summed E-state index contributed by atoms with van der Waals surface area (Å²) in [5, 5.41) is 1.62. The summed E-state index contributed by atoms with van der Waals surface area (Å²) in [5.74, 6) is 0. The molecule has 0 unspecified atom stereocenters. The van der Waals surface area contributed by atoms with Crippen molar-refractivity contribution in [3.63, 3.8) is 0 Å². The summed E-state index contributed by atoms with van der Waals surface area (Å²) < 4.78 is 6.69. The van der Waals surface area contributed by atoms with Crippen LogP contribution in [0.2, 0.25) is 0 Å². The Morgan fingerprint density at radius 2 is 2.44 bits per heavy atom. The molecule has 1 heterocycles. The van der Waals surface area contributed by atoms with Crippen LogP contribution < -0.4 is 0 Å². The van der Waals surface area contributed by atoms with E-state index in [0.29, 0.717) is 11.8 Å². The summed E-state index contributed by atoms with van der Waals surface area (Å²) in [7, 11) is 0. The van der Waals surface area contributed by atoms with Crippen LogP contribution in [-0.2, 0) is 0 Å². The van der Waals surface area contributed by atoms with Crippen molar-refractivity contribution in [2.75, 3.05) is 0 Å². The van der Waals surface area contributed by atoms with E-state index in [1.807, 2.05) is 0 Å². The fourth-order valence-corrected chi connectivity index (χ4v) is 1.15. The second-order valence-electron chi connectivity index (χ2n) is 1.42. The Balaban J connectivity index is 3.13. The van der Waals surface area contributed by atoms with Gasteiger partial charge in [-0.25, -0.2) is 0 Å². The lowest BCUT2D eigenvalue weighted by Crippen LogP contribution is -1.79. The van der Waals surface area contributed by atoms with E-state index in [2.05, 4.69) is 0 Å². The predicted octanol–water partition coefficient (Wildman–Crippen LogP) is 1.37. The molecule has 1 rings (SSSR count). The molecule has 0 amide bonds. The van der Waals surface area contributed by atoms with E-state index in [-0.39, 0.29) is 4.88 Å². The van der Waals surface area contributed by atoms with E-state index in [1.54, 1.807) is 5.38 Å². The van der Waals surface area contributed by atoms with Gasteiger partial charge in [0, 0.05) is 5.56 Å². The van der Waals surface area contributed by atoms with E-state index in [1.165, 1.54) is 6.07 Å². The van der Waals surface area contributed by atoms with Gasteiger partial charge >= 0.3 is 0 Å². The molecule has 0 aliphatic rings. The lowest BCUT2D eigenvalue weighted by Gasteiger charge is -1.78. The van der Waals surface area contributed by atoms with Crippen molar-refractivity contribution >= 4 is 23.9 Å². The number of hydrogen-bond acceptors (Lipinski definition) is 3. The summed E-state index contributed by atoms with van der Waals surface area (Å²) in [6.45, 7) is 0. The zero-order valence-electron chi connectivity index (χ0n) is 5.46. The molecule has 0 bridgehead atoms. The van der Waals surface area contributed by atoms with Crippen molar-refractivity contribution in [3.8, 4) is 0 Å². The number of rotatable bonds is 2. The average molecular weight is 141 g/mol. The minimum absolute atomic E-state index is 0.218. The van der Waals surface area contributed by atoms with Crippen molar-refractivity contribution in [1.82, 2.24) is 0 Å². The fraction of sp³-hybridized carbons (Fsp3) is 0. The van der Waals surface area contributed by atoms with Crippen LogP contribution in [0.25, 0.3) is 0 Å². The Morgan fingerprint density at radius 1 is 1.67 bits per heavy atom. The van der Waals surface area contributed by atoms with Crippen LogP contribution in [0.1, 0.15) is 21.4 Å². The Kier molecular flexibility index (Phi) is 1.38. The van der Waals surface area contributed by atoms with Gasteiger partial charge in [0.2, 0.25) is 0 Å². The molecule has 9 heavy (non-hydrogen) atoms. The maximum Gasteiger partial charge on any atom is 0.160 e. The molecule has 0 saturated carbocycles. The molecule has 0 N–H and O–H groups in total. The highest BCUT2D eigenvalue weighted by atomic mass is 32.1. The summed E-state index contributed by atoms with van der Waals surface area (Å²) in [5.41, 5.74) is 0.310. The lowest BCUT2D eigenvalue weighted by atomic mass is 10.3. The predicted molar refractivity (Wildman–Crippen MR) is 35.1 cm³/mol. The third kappa shape index (κ3) is 1.05. The van der Waals surface area contributed by atoms with Crippen molar-refractivity contribution in [1.29, 1.82) is 0 Å². The molecular weight excluding hydrogens is 136 g/mol. The lowest BCUT2D eigenvalue weighted by molar-refractivity contribution is 0.109. The van der Waals surface area contributed by atoms with E-state index >= 15 is 0 Å². The van der Waals surface area contributed by atoms with Crippen LogP contribution in [0, 0.1) is 0 Å². The summed E-state index contributed by atoms with van der Waals surface area (Å²) >= 11 is 1.11. The molecule has 0 spiro atoms. The van der Waals surface area contributed by atoms with Crippen LogP contribution in [0.5, 0.6) is 0 Å². The standard InChI is InChI=1S/C6H4O2S/c7-3-5-1-2-9-6(5)4-8/h1-4H/i4D. The summed E-state index contributed by atoms with van der Waals surface area (Å²) in [4.78, 5) is 20.8. The largest absolute Gasteiger partial charge is 0.298 e. The van der Waals surface area contributed by atoms with Crippen molar-refractivity contribution in [2.24, 2.45) is 0 Å². The molecule has 2 nitrogen and oxygen atoms in total. The Labute approximate surface area is 57.5 Å². The van der Waals surface area contributed by atoms with Crippen LogP contribution in [0.4, 0.5) is 0 Å². The Hall–Kier alpha value is -0.960. The van der Waals surface area contributed by atoms with Crippen LogP contribution in [-0.4, -0.2) is 12.5 Å². The molecule has 0 radical (unpaired) electrons. The van der Waals surface area contributed by atoms with E-state index < -0.39 is 6.26 Å². The highest BCUT2D eigenvalue weighted by molar-refractivity contribution is 7.12. The monoisotopic (exact) mass is 141 g/mol. The topological polar surface area (TPSA) is 34.1 Å². The van der Waals surface area contributed by atoms with E-state index in [4.69, 9.17) is 1.37 Å². The minimum atomic E-state index is -0.794. The summed E-state index contributed by atoms with van der Waals surface area (Å²) in [6.07, 6.45) is -0.213. The molecule has 0 aliphatic heterocycles. The first-order valence-corrected chi connectivity index (χ1v) is 3.17. The molecule has 0 aromatic carbocycles. The number of hydrogen-bond donors (Lipinski definition) is 0. The number of thiophene rings is 1. The molecule has 0 saturated heterocycles. The third-order valence-corrected chi connectivity index (χ3v) is 1.74. The first kappa shape index (κ1) is 4.88. The van der Waals surface area contributed by atoms with Crippen LogP contribution in [0.3, 0.4) is 0 Å². The average Bonchev–Trinajstić information content (AvgIpc) is 2.33. The van der Waals surface area contributed by atoms with Gasteiger partial charge in [0.25, 0.3) is 0 Å². The minimum Gasteiger partial charge on any atom is -0.298 e. The van der Waals surface area contributed by atoms with Gasteiger partial charge in [-0.15, -0.1) is 11.3 Å². The quantitative estimate of drug-likeness (QED) is 0.583. The molecule has 1 aromatic heterocycles. The van der Waals surface area contributed by atoms with Gasteiger partial charge in [-0.2, -0.15) is 0 Å². The zero-order valence-corrected chi connectivity index (χ0v) is 5.27.